The number of imidazole rings is 1. The van der Waals surface area contributed by atoms with Crippen molar-refractivity contribution in [2.45, 2.75) is 6.42 Å². The molecular formula is C15H12BrFN4O. The Bertz CT molecular complexity index is 833. The van der Waals surface area contributed by atoms with Crippen LogP contribution in [0.25, 0.3) is 5.65 Å². The van der Waals surface area contributed by atoms with E-state index < -0.39 is 0 Å². The Morgan fingerprint density at radius 2 is 2.18 bits per heavy atom. The number of aromatic nitrogens is 3. The number of nitrogens with one attached hydrogen (secondary N) is 1. The third-order valence-corrected chi connectivity index (χ3v) is 3.53. The highest BCUT2D eigenvalue weighted by Gasteiger charge is 2.07. The number of amides is 1. The summed E-state index contributed by atoms with van der Waals surface area (Å²) in [7, 11) is 0. The van der Waals surface area contributed by atoms with E-state index in [2.05, 4.69) is 31.2 Å². The second-order valence-corrected chi connectivity index (χ2v) is 5.66. The Kier molecular flexibility index (Phi) is 4.15. The van der Waals surface area contributed by atoms with Crippen LogP contribution in [0, 0.1) is 5.82 Å². The van der Waals surface area contributed by atoms with Crippen LogP contribution in [0.3, 0.4) is 0 Å². The molecule has 3 aromatic heterocycles. The van der Waals surface area contributed by atoms with Crippen molar-refractivity contribution < 1.29 is 9.18 Å². The van der Waals surface area contributed by atoms with Gasteiger partial charge in [-0.15, -0.1) is 0 Å². The molecule has 0 radical (unpaired) electrons. The molecular weight excluding hydrogens is 351 g/mol. The normalized spacial score (nSPS) is 10.8. The Morgan fingerprint density at radius 1 is 1.32 bits per heavy atom. The van der Waals surface area contributed by atoms with Crippen LogP contribution in [0.2, 0.25) is 0 Å². The van der Waals surface area contributed by atoms with Crippen molar-refractivity contribution in [3.63, 3.8) is 0 Å². The van der Waals surface area contributed by atoms with Gasteiger partial charge in [0.15, 0.2) is 0 Å². The monoisotopic (exact) mass is 362 g/mol. The molecule has 5 nitrogen and oxygen atoms in total. The van der Waals surface area contributed by atoms with Gasteiger partial charge in [0, 0.05) is 42.2 Å². The number of halogens is 2. The van der Waals surface area contributed by atoms with Crippen LogP contribution in [-0.4, -0.2) is 26.8 Å². The van der Waals surface area contributed by atoms with Crippen molar-refractivity contribution in [3.8, 4) is 0 Å². The van der Waals surface area contributed by atoms with E-state index in [1.807, 2.05) is 0 Å². The lowest BCUT2D eigenvalue weighted by Crippen LogP contribution is -2.25. The maximum atomic E-state index is 13.1. The molecule has 3 heterocycles. The van der Waals surface area contributed by atoms with Crippen molar-refractivity contribution in [1.29, 1.82) is 0 Å². The maximum absolute atomic E-state index is 13.1. The first kappa shape index (κ1) is 14.6. The molecule has 112 valence electrons. The topological polar surface area (TPSA) is 59.3 Å². The van der Waals surface area contributed by atoms with Gasteiger partial charge in [0.1, 0.15) is 11.5 Å². The van der Waals surface area contributed by atoms with E-state index in [0.29, 0.717) is 24.2 Å². The number of carbonyl (C=O) groups excluding carboxylic acids is 1. The number of pyridine rings is 2. The van der Waals surface area contributed by atoms with E-state index >= 15 is 0 Å². The highest BCUT2D eigenvalue weighted by atomic mass is 79.9. The molecule has 0 aliphatic rings. The van der Waals surface area contributed by atoms with Gasteiger partial charge in [-0.05, 0) is 34.1 Å². The Labute approximate surface area is 134 Å². The first-order valence-electron chi connectivity index (χ1n) is 6.64. The van der Waals surface area contributed by atoms with Gasteiger partial charge in [0.05, 0.1) is 11.3 Å². The Balaban J connectivity index is 1.61. The summed E-state index contributed by atoms with van der Waals surface area (Å²) in [6.45, 7) is 0.442. The molecule has 0 aromatic carbocycles. The second-order valence-electron chi connectivity index (χ2n) is 4.74. The molecule has 0 atom stereocenters. The van der Waals surface area contributed by atoms with E-state index in [1.165, 1.54) is 18.5 Å². The summed E-state index contributed by atoms with van der Waals surface area (Å²) in [5, 5.41) is 2.81. The van der Waals surface area contributed by atoms with Crippen molar-refractivity contribution in [1.82, 2.24) is 19.7 Å². The molecule has 1 amide bonds. The van der Waals surface area contributed by atoms with Gasteiger partial charge in [-0.1, -0.05) is 0 Å². The molecule has 1 N–H and O–H groups in total. The van der Waals surface area contributed by atoms with E-state index in [0.717, 1.165) is 10.2 Å². The van der Waals surface area contributed by atoms with Crippen molar-refractivity contribution in [3.05, 3.63) is 64.5 Å². The molecule has 0 spiro atoms. The third kappa shape index (κ3) is 3.30. The fraction of sp³-hybridized carbons (Fsp3) is 0.133. The van der Waals surface area contributed by atoms with E-state index in [1.54, 1.807) is 28.9 Å². The summed E-state index contributed by atoms with van der Waals surface area (Å²) in [4.78, 5) is 20.3. The van der Waals surface area contributed by atoms with Crippen LogP contribution in [0.5, 0.6) is 0 Å². The highest BCUT2D eigenvalue weighted by Crippen LogP contribution is 2.10. The highest BCUT2D eigenvalue weighted by molar-refractivity contribution is 9.10. The number of rotatable bonds is 4. The van der Waals surface area contributed by atoms with Gasteiger partial charge in [0.25, 0.3) is 5.91 Å². The predicted molar refractivity (Wildman–Crippen MR) is 83.1 cm³/mol. The molecule has 0 unspecified atom stereocenters. The first-order valence-corrected chi connectivity index (χ1v) is 7.43. The minimum atomic E-state index is -0.313. The van der Waals surface area contributed by atoms with E-state index in [9.17, 15) is 9.18 Å². The lowest BCUT2D eigenvalue weighted by atomic mass is 10.2. The van der Waals surface area contributed by atoms with Gasteiger partial charge >= 0.3 is 0 Å². The molecule has 0 saturated heterocycles. The SMILES string of the molecule is O=C(NCCc1cn2cc(F)ccc2n1)c1cncc(Br)c1. The van der Waals surface area contributed by atoms with Crippen molar-refractivity contribution >= 4 is 27.5 Å². The Hall–Kier alpha value is -2.28. The number of fused-ring (bicyclic) bond motifs is 1. The van der Waals surface area contributed by atoms with E-state index in [4.69, 9.17) is 0 Å². The van der Waals surface area contributed by atoms with Gasteiger partial charge in [-0.2, -0.15) is 0 Å². The molecule has 0 bridgehead atoms. The lowest BCUT2D eigenvalue weighted by molar-refractivity contribution is 0.0953. The zero-order valence-corrected chi connectivity index (χ0v) is 13.0. The third-order valence-electron chi connectivity index (χ3n) is 3.10. The maximum Gasteiger partial charge on any atom is 0.252 e. The summed E-state index contributed by atoms with van der Waals surface area (Å²) >= 11 is 3.27. The summed E-state index contributed by atoms with van der Waals surface area (Å²) in [5.41, 5.74) is 1.96. The second kappa shape index (κ2) is 6.23. The van der Waals surface area contributed by atoms with Crippen molar-refractivity contribution in [2.75, 3.05) is 6.54 Å². The molecule has 0 fully saturated rings. The van der Waals surface area contributed by atoms with Gasteiger partial charge in [-0.25, -0.2) is 9.37 Å². The number of nitrogens with zero attached hydrogens (tertiary/aromatic N) is 3. The van der Waals surface area contributed by atoms with Crippen LogP contribution >= 0.6 is 15.9 Å². The average molecular weight is 363 g/mol. The van der Waals surface area contributed by atoms with Crippen molar-refractivity contribution in [2.24, 2.45) is 0 Å². The first-order chi connectivity index (χ1) is 10.6. The molecule has 0 aliphatic carbocycles. The van der Waals surface area contributed by atoms with Crippen LogP contribution in [0.1, 0.15) is 16.1 Å². The zero-order valence-electron chi connectivity index (χ0n) is 11.5. The van der Waals surface area contributed by atoms with Crippen LogP contribution in [0.4, 0.5) is 4.39 Å². The molecule has 22 heavy (non-hydrogen) atoms. The lowest BCUT2D eigenvalue weighted by Gasteiger charge is -2.03. The van der Waals surface area contributed by atoms with Gasteiger partial charge in [-0.3, -0.25) is 9.78 Å². The summed E-state index contributed by atoms with van der Waals surface area (Å²) in [5.74, 6) is -0.504. The number of hydrogen-bond acceptors (Lipinski definition) is 3. The Morgan fingerprint density at radius 3 is 3.00 bits per heavy atom. The zero-order chi connectivity index (χ0) is 15.5. The smallest absolute Gasteiger partial charge is 0.252 e. The van der Waals surface area contributed by atoms with Crippen LogP contribution in [0.15, 0.2) is 47.5 Å². The van der Waals surface area contributed by atoms with Crippen LogP contribution in [-0.2, 0) is 6.42 Å². The fourth-order valence-electron chi connectivity index (χ4n) is 2.08. The fourth-order valence-corrected chi connectivity index (χ4v) is 2.44. The largest absolute Gasteiger partial charge is 0.352 e. The molecule has 3 aromatic rings. The summed E-state index contributed by atoms with van der Waals surface area (Å²) in [6.07, 6.45) is 6.82. The minimum absolute atomic E-state index is 0.191. The van der Waals surface area contributed by atoms with Gasteiger partial charge in [0.2, 0.25) is 0 Å². The standard InChI is InChI=1S/C15H12BrFN4O/c16-11-5-10(6-18-7-11)15(22)19-4-3-13-9-21-8-12(17)1-2-14(21)20-13/h1-2,5-9H,3-4H2,(H,19,22). The number of carbonyl (C=O) groups is 1. The summed E-state index contributed by atoms with van der Waals surface area (Å²) in [6, 6.07) is 4.69. The summed E-state index contributed by atoms with van der Waals surface area (Å²) < 4.78 is 15.5. The molecule has 0 saturated carbocycles. The van der Waals surface area contributed by atoms with Crippen LogP contribution < -0.4 is 5.32 Å². The predicted octanol–water partition coefficient (Wildman–Crippen LogP) is 2.60. The quantitative estimate of drug-likeness (QED) is 0.775. The van der Waals surface area contributed by atoms with Gasteiger partial charge < -0.3 is 9.72 Å². The minimum Gasteiger partial charge on any atom is -0.352 e. The molecule has 7 heteroatoms. The van der Waals surface area contributed by atoms with E-state index in [-0.39, 0.29) is 11.7 Å². The molecule has 0 aliphatic heterocycles. The number of hydrogen-bond donors (Lipinski definition) is 1. The average Bonchev–Trinajstić information content (AvgIpc) is 2.89. The molecule has 3 rings (SSSR count).